The predicted molar refractivity (Wildman–Crippen MR) is 80.3 cm³/mol. The minimum Gasteiger partial charge on any atom is -0.423 e. The van der Waals surface area contributed by atoms with Crippen LogP contribution in [0.4, 0.5) is 4.79 Å². The number of nitrogens with zero attached hydrogens (tertiary/aromatic N) is 2. The number of hydrogen-bond acceptors (Lipinski definition) is 4. The molecule has 1 aromatic carbocycles. The Bertz CT molecular complexity index is 698. The zero-order valence-electron chi connectivity index (χ0n) is 12.4. The Morgan fingerprint density at radius 3 is 2.91 bits per heavy atom. The molecule has 0 radical (unpaired) electrons. The van der Waals surface area contributed by atoms with E-state index in [1.807, 2.05) is 12.1 Å². The van der Waals surface area contributed by atoms with Gasteiger partial charge in [0.05, 0.1) is 12.1 Å². The standard InChI is InChI=1S/C16H18N4O2/c1-9-11(3-2-4-12(9)15-20-17-8-22-15)10-5-6-13-14(7-10)19-16(21)18-13/h2-4,8,10,13-14H,5-7H2,1H3,(H2,18,19,21). The molecule has 0 spiro atoms. The molecular formula is C16H18N4O2. The fraction of sp³-hybridized carbons (Fsp3) is 0.438. The Morgan fingerprint density at radius 1 is 1.23 bits per heavy atom. The average Bonchev–Trinajstić information content (AvgIpc) is 3.15. The van der Waals surface area contributed by atoms with Gasteiger partial charge >= 0.3 is 6.03 Å². The van der Waals surface area contributed by atoms with Crippen molar-refractivity contribution in [3.8, 4) is 11.5 Å². The highest BCUT2D eigenvalue weighted by Crippen LogP contribution is 2.38. The highest BCUT2D eigenvalue weighted by atomic mass is 16.4. The number of fused-ring (bicyclic) bond motifs is 1. The molecule has 114 valence electrons. The zero-order chi connectivity index (χ0) is 15.1. The Morgan fingerprint density at radius 2 is 2.09 bits per heavy atom. The maximum Gasteiger partial charge on any atom is 0.315 e. The summed E-state index contributed by atoms with van der Waals surface area (Å²) >= 11 is 0. The summed E-state index contributed by atoms with van der Waals surface area (Å²) in [5, 5.41) is 13.8. The van der Waals surface area contributed by atoms with Crippen LogP contribution in [0.15, 0.2) is 29.0 Å². The molecule has 6 heteroatoms. The van der Waals surface area contributed by atoms with Crippen molar-refractivity contribution >= 4 is 6.03 Å². The molecule has 6 nitrogen and oxygen atoms in total. The first-order valence-corrected chi connectivity index (χ1v) is 7.65. The van der Waals surface area contributed by atoms with Gasteiger partial charge in [-0.05, 0) is 49.3 Å². The highest BCUT2D eigenvalue weighted by Gasteiger charge is 2.37. The number of aromatic nitrogens is 2. The van der Waals surface area contributed by atoms with Crippen LogP contribution in [0.5, 0.6) is 0 Å². The van der Waals surface area contributed by atoms with Crippen molar-refractivity contribution in [1.29, 1.82) is 0 Å². The van der Waals surface area contributed by atoms with Gasteiger partial charge in [-0.3, -0.25) is 0 Å². The second-order valence-electron chi connectivity index (χ2n) is 6.10. The molecule has 2 fully saturated rings. The molecule has 1 saturated carbocycles. The van der Waals surface area contributed by atoms with Crippen molar-refractivity contribution < 1.29 is 9.21 Å². The van der Waals surface area contributed by atoms with Crippen LogP contribution in [-0.2, 0) is 0 Å². The van der Waals surface area contributed by atoms with Gasteiger partial charge in [0, 0.05) is 5.56 Å². The van der Waals surface area contributed by atoms with E-state index < -0.39 is 0 Å². The van der Waals surface area contributed by atoms with Crippen LogP contribution in [0.1, 0.15) is 36.3 Å². The van der Waals surface area contributed by atoms with Gasteiger partial charge in [-0.25, -0.2) is 4.79 Å². The van der Waals surface area contributed by atoms with Gasteiger partial charge in [-0.2, -0.15) is 0 Å². The lowest BCUT2D eigenvalue weighted by molar-refractivity contribution is 0.247. The first-order chi connectivity index (χ1) is 10.7. The minimum absolute atomic E-state index is 0.0352. The summed E-state index contributed by atoms with van der Waals surface area (Å²) in [4.78, 5) is 11.5. The molecule has 2 aliphatic rings. The molecule has 2 amide bonds. The number of amides is 2. The molecule has 2 N–H and O–H groups in total. The first kappa shape index (κ1) is 13.3. The quantitative estimate of drug-likeness (QED) is 0.892. The van der Waals surface area contributed by atoms with E-state index in [-0.39, 0.29) is 18.1 Å². The molecule has 2 heterocycles. The van der Waals surface area contributed by atoms with Crippen LogP contribution in [-0.4, -0.2) is 28.3 Å². The van der Waals surface area contributed by atoms with E-state index >= 15 is 0 Å². The SMILES string of the molecule is Cc1c(-c2nnco2)cccc1C1CCC2NC(=O)NC2C1. The normalized spacial score (nSPS) is 27.1. The van der Waals surface area contributed by atoms with Crippen LogP contribution in [0.3, 0.4) is 0 Å². The number of benzene rings is 1. The Hall–Kier alpha value is -2.37. The number of carbonyl (C=O) groups excluding carboxylic acids is 1. The summed E-state index contributed by atoms with van der Waals surface area (Å²) in [5.74, 6) is 1.01. The summed E-state index contributed by atoms with van der Waals surface area (Å²) < 4.78 is 5.34. The first-order valence-electron chi connectivity index (χ1n) is 7.65. The number of nitrogens with one attached hydrogen (secondary N) is 2. The number of rotatable bonds is 2. The van der Waals surface area contributed by atoms with E-state index in [4.69, 9.17) is 4.42 Å². The van der Waals surface area contributed by atoms with Crippen LogP contribution in [0, 0.1) is 6.92 Å². The Kier molecular flexibility index (Phi) is 3.10. The highest BCUT2D eigenvalue weighted by molar-refractivity contribution is 5.77. The number of urea groups is 1. The molecule has 22 heavy (non-hydrogen) atoms. The largest absolute Gasteiger partial charge is 0.423 e. The summed E-state index contributed by atoms with van der Waals surface area (Å²) in [5.41, 5.74) is 3.49. The van der Waals surface area contributed by atoms with Crippen molar-refractivity contribution in [3.63, 3.8) is 0 Å². The lowest BCUT2D eigenvalue weighted by Gasteiger charge is -2.31. The van der Waals surface area contributed by atoms with E-state index in [0.717, 1.165) is 24.8 Å². The van der Waals surface area contributed by atoms with Crippen molar-refractivity contribution in [2.24, 2.45) is 0 Å². The smallest absolute Gasteiger partial charge is 0.315 e. The molecular weight excluding hydrogens is 280 g/mol. The molecule has 0 bridgehead atoms. The van der Waals surface area contributed by atoms with Crippen molar-refractivity contribution in [2.75, 3.05) is 0 Å². The van der Waals surface area contributed by atoms with Crippen LogP contribution < -0.4 is 10.6 Å². The van der Waals surface area contributed by atoms with Gasteiger partial charge in [-0.1, -0.05) is 12.1 Å². The molecule has 1 aliphatic heterocycles. The third-order valence-corrected chi connectivity index (χ3v) is 4.89. The molecule has 3 atom stereocenters. The van der Waals surface area contributed by atoms with Crippen LogP contribution in [0.2, 0.25) is 0 Å². The minimum atomic E-state index is -0.0352. The fourth-order valence-electron chi connectivity index (χ4n) is 3.78. The van der Waals surface area contributed by atoms with E-state index in [9.17, 15) is 4.79 Å². The third-order valence-electron chi connectivity index (χ3n) is 4.89. The molecule has 3 unspecified atom stereocenters. The van der Waals surface area contributed by atoms with Gasteiger partial charge in [0.1, 0.15) is 0 Å². The van der Waals surface area contributed by atoms with E-state index in [1.54, 1.807) is 0 Å². The Labute approximate surface area is 128 Å². The number of carbonyl (C=O) groups is 1. The third kappa shape index (κ3) is 2.15. The van der Waals surface area contributed by atoms with Gasteiger partial charge in [0.25, 0.3) is 0 Å². The summed E-state index contributed by atoms with van der Waals surface area (Å²) in [7, 11) is 0. The maximum atomic E-state index is 11.5. The van der Waals surface area contributed by atoms with Crippen molar-refractivity contribution in [3.05, 3.63) is 35.7 Å². The molecule has 2 aromatic rings. The Balaban J connectivity index is 1.63. The topological polar surface area (TPSA) is 80.1 Å². The molecule has 1 saturated heterocycles. The van der Waals surface area contributed by atoms with Gasteiger partial charge < -0.3 is 15.1 Å². The van der Waals surface area contributed by atoms with Gasteiger partial charge in [0.15, 0.2) is 0 Å². The fourth-order valence-corrected chi connectivity index (χ4v) is 3.78. The maximum absolute atomic E-state index is 11.5. The lowest BCUT2D eigenvalue weighted by atomic mass is 9.77. The second kappa shape index (κ2) is 5.12. The van der Waals surface area contributed by atoms with E-state index in [2.05, 4.69) is 33.8 Å². The monoisotopic (exact) mass is 298 g/mol. The second-order valence-corrected chi connectivity index (χ2v) is 6.10. The summed E-state index contributed by atoms with van der Waals surface area (Å²) in [6, 6.07) is 6.70. The summed E-state index contributed by atoms with van der Waals surface area (Å²) in [6.45, 7) is 2.10. The predicted octanol–water partition coefficient (Wildman–Crippen LogP) is 2.36. The van der Waals surface area contributed by atoms with Crippen molar-refractivity contribution in [1.82, 2.24) is 20.8 Å². The summed E-state index contributed by atoms with van der Waals surface area (Å²) in [6.07, 6.45) is 4.42. The molecule has 1 aromatic heterocycles. The van der Waals surface area contributed by atoms with E-state index in [1.165, 1.54) is 17.5 Å². The average molecular weight is 298 g/mol. The van der Waals surface area contributed by atoms with Crippen LogP contribution in [0.25, 0.3) is 11.5 Å². The zero-order valence-corrected chi connectivity index (χ0v) is 12.4. The van der Waals surface area contributed by atoms with Crippen molar-refractivity contribution in [2.45, 2.75) is 44.2 Å². The lowest BCUT2D eigenvalue weighted by Crippen LogP contribution is -2.39. The van der Waals surface area contributed by atoms with Crippen LogP contribution >= 0.6 is 0 Å². The molecule has 4 rings (SSSR count). The van der Waals surface area contributed by atoms with E-state index in [0.29, 0.717) is 11.8 Å². The van der Waals surface area contributed by atoms with Gasteiger partial charge in [0.2, 0.25) is 12.3 Å². The molecule has 1 aliphatic carbocycles. The number of hydrogen-bond donors (Lipinski definition) is 2. The van der Waals surface area contributed by atoms with Gasteiger partial charge in [-0.15, -0.1) is 10.2 Å².